The lowest BCUT2D eigenvalue weighted by atomic mass is 10.0. The van der Waals surface area contributed by atoms with Crippen molar-refractivity contribution in [2.45, 2.75) is 25.8 Å². The van der Waals surface area contributed by atoms with Crippen molar-refractivity contribution in [2.24, 2.45) is 5.73 Å². The number of aryl methyl sites for hydroxylation is 1. The van der Waals surface area contributed by atoms with Crippen LogP contribution in [0.25, 0.3) is 0 Å². The van der Waals surface area contributed by atoms with Crippen molar-refractivity contribution >= 4 is 5.91 Å². The van der Waals surface area contributed by atoms with Crippen molar-refractivity contribution in [1.29, 1.82) is 0 Å². The first-order chi connectivity index (χ1) is 7.13. The van der Waals surface area contributed by atoms with Crippen LogP contribution in [-0.4, -0.2) is 19.0 Å². The summed E-state index contributed by atoms with van der Waals surface area (Å²) < 4.78 is 0. The summed E-state index contributed by atoms with van der Waals surface area (Å²) in [6.07, 6.45) is 2.10. The SMILES string of the molecule is CNC(C)CCc1ccc(C(N)=O)cc1. The lowest BCUT2D eigenvalue weighted by Gasteiger charge is -2.09. The van der Waals surface area contributed by atoms with Gasteiger partial charge in [-0.3, -0.25) is 4.79 Å². The van der Waals surface area contributed by atoms with Crippen LogP contribution in [-0.2, 0) is 6.42 Å². The third-order valence-electron chi connectivity index (χ3n) is 2.60. The molecule has 0 bridgehead atoms. The zero-order valence-corrected chi connectivity index (χ0v) is 9.29. The molecule has 0 heterocycles. The van der Waals surface area contributed by atoms with E-state index in [4.69, 9.17) is 5.73 Å². The molecular weight excluding hydrogens is 188 g/mol. The Bertz CT molecular complexity index is 319. The average Bonchev–Trinajstić information content (AvgIpc) is 2.26. The molecule has 1 aromatic rings. The van der Waals surface area contributed by atoms with Gasteiger partial charge in [0.15, 0.2) is 0 Å². The van der Waals surface area contributed by atoms with Gasteiger partial charge in [0.25, 0.3) is 0 Å². The number of hydrogen-bond donors (Lipinski definition) is 2. The van der Waals surface area contributed by atoms with Crippen molar-refractivity contribution in [3.63, 3.8) is 0 Å². The number of amides is 1. The number of nitrogens with two attached hydrogens (primary N) is 1. The Hall–Kier alpha value is -1.35. The van der Waals surface area contributed by atoms with Gasteiger partial charge in [-0.05, 0) is 44.5 Å². The molecule has 1 unspecified atom stereocenters. The lowest BCUT2D eigenvalue weighted by Crippen LogP contribution is -2.21. The predicted octanol–water partition coefficient (Wildman–Crippen LogP) is 1.33. The number of nitrogens with one attached hydrogen (secondary N) is 1. The Morgan fingerprint density at radius 1 is 1.40 bits per heavy atom. The molecule has 3 N–H and O–H groups in total. The van der Waals surface area contributed by atoms with Gasteiger partial charge >= 0.3 is 0 Å². The summed E-state index contributed by atoms with van der Waals surface area (Å²) in [7, 11) is 1.96. The molecular formula is C12H18N2O. The van der Waals surface area contributed by atoms with Gasteiger partial charge in [-0.25, -0.2) is 0 Å². The predicted molar refractivity (Wildman–Crippen MR) is 61.8 cm³/mol. The van der Waals surface area contributed by atoms with Crippen molar-refractivity contribution in [3.8, 4) is 0 Å². The number of carbonyl (C=O) groups is 1. The molecule has 0 radical (unpaired) electrons. The molecule has 0 aliphatic carbocycles. The average molecular weight is 206 g/mol. The summed E-state index contributed by atoms with van der Waals surface area (Å²) in [4.78, 5) is 10.8. The molecule has 1 atom stereocenters. The van der Waals surface area contributed by atoms with E-state index in [1.807, 2.05) is 19.2 Å². The fourth-order valence-electron chi connectivity index (χ4n) is 1.36. The molecule has 3 nitrogen and oxygen atoms in total. The topological polar surface area (TPSA) is 55.1 Å². The second-order valence-electron chi connectivity index (χ2n) is 3.79. The second-order valence-corrected chi connectivity index (χ2v) is 3.79. The van der Waals surface area contributed by atoms with E-state index in [2.05, 4.69) is 12.2 Å². The van der Waals surface area contributed by atoms with Crippen LogP contribution in [0.15, 0.2) is 24.3 Å². The Labute approximate surface area is 90.7 Å². The minimum absolute atomic E-state index is 0.370. The monoisotopic (exact) mass is 206 g/mol. The third-order valence-corrected chi connectivity index (χ3v) is 2.60. The van der Waals surface area contributed by atoms with E-state index in [0.717, 1.165) is 12.8 Å². The first-order valence-electron chi connectivity index (χ1n) is 5.19. The van der Waals surface area contributed by atoms with Crippen molar-refractivity contribution in [3.05, 3.63) is 35.4 Å². The number of hydrogen-bond acceptors (Lipinski definition) is 2. The van der Waals surface area contributed by atoms with E-state index in [9.17, 15) is 4.79 Å². The largest absolute Gasteiger partial charge is 0.366 e. The molecule has 1 aromatic carbocycles. The van der Waals surface area contributed by atoms with Crippen LogP contribution in [0.1, 0.15) is 29.3 Å². The molecule has 1 rings (SSSR count). The van der Waals surface area contributed by atoms with Crippen LogP contribution in [0.4, 0.5) is 0 Å². The Kier molecular flexibility index (Phi) is 4.31. The zero-order valence-electron chi connectivity index (χ0n) is 9.29. The van der Waals surface area contributed by atoms with Gasteiger partial charge < -0.3 is 11.1 Å². The summed E-state index contributed by atoms with van der Waals surface area (Å²) in [6.45, 7) is 2.15. The van der Waals surface area contributed by atoms with Gasteiger partial charge in [0.2, 0.25) is 5.91 Å². The summed E-state index contributed by atoms with van der Waals surface area (Å²) in [6, 6.07) is 8.00. The molecule has 1 amide bonds. The summed E-state index contributed by atoms with van der Waals surface area (Å²) in [5, 5.41) is 3.19. The minimum Gasteiger partial charge on any atom is -0.366 e. The van der Waals surface area contributed by atoms with E-state index >= 15 is 0 Å². The molecule has 0 aliphatic rings. The quantitative estimate of drug-likeness (QED) is 0.763. The van der Waals surface area contributed by atoms with Crippen molar-refractivity contribution in [2.75, 3.05) is 7.05 Å². The Morgan fingerprint density at radius 2 is 2.00 bits per heavy atom. The highest BCUT2D eigenvalue weighted by molar-refractivity contribution is 5.92. The number of carbonyl (C=O) groups excluding carboxylic acids is 1. The summed E-state index contributed by atoms with van der Waals surface area (Å²) in [5.74, 6) is -0.370. The fourth-order valence-corrected chi connectivity index (χ4v) is 1.36. The van der Waals surface area contributed by atoms with Crippen LogP contribution < -0.4 is 11.1 Å². The molecule has 0 saturated carbocycles. The zero-order chi connectivity index (χ0) is 11.3. The molecule has 0 aromatic heterocycles. The number of benzene rings is 1. The van der Waals surface area contributed by atoms with Crippen LogP contribution in [0, 0.1) is 0 Å². The van der Waals surface area contributed by atoms with Gasteiger partial charge in [-0.15, -0.1) is 0 Å². The van der Waals surface area contributed by atoms with E-state index in [1.54, 1.807) is 12.1 Å². The van der Waals surface area contributed by atoms with Gasteiger partial charge in [-0.2, -0.15) is 0 Å². The highest BCUT2D eigenvalue weighted by atomic mass is 16.1. The third kappa shape index (κ3) is 3.72. The summed E-state index contributed by atoms with van der Waals surface area (Å²) >= 11 is 0. The van der Waals surface area contributed by atoms with Crippen molar-refractivity contribution < 1.29 is 4.79 Å². The normalized spacial score (nSPS) is 12.4. The first kappa shape index (κ1) is 11.7. The van der Waals surface area contributed by atoms with Gasteiger partial charge in [-0.1, -0.05) is 12.1 Å². The molecule has 0 aliphatic heterocycles. The van der Waals surface area contributed by atoms with Gasteiger partial charge in [0.05, 0.1) is 0 Å². The van der Waals surface area contributed by atoms with Crippen LogP contribution in [0.2, 0.25) is 0 Å². The Morgan fingerprint density at radius 3 is 2.47 bits per heavy atom. The maximum atomic E-state index is 10.8. The molecule has 0 fully saturated rings. The van der Waals surface area contributed by atoms with Gasteiger partial charge in [0, 0.05) is 11.6 Å². The van der Waals surface area contributed by atoms with Crippen LogP contribution >= 0.6 is 0 Å². The number of primary amides is 1. The lowest BCUT2D eigenvalue weighted by molar-refractivity contribution is 0.100. The molecule has 3 heteroatoms. The molecule has 15 heavy (non-hydrogen) atoms. The van der Waals surface area contributed by atoms with Crippen molar-refractivity contribution in [1.82, 2.24) is 5.32 Å². The first-order valence-corrected chi connectivity index (χ1v) is 5.19. The number of rotatable bonds is 5. The van der Waals surface area contributed by atoms with Crippen LogP contribution in [0.5, 0.6) is 0 Å². The molecule has 82 valence electrons. The van der Waals surface area contributed by atoms with E-state index in [1.165, 1.54) is 5.56 Å². The highest BCUT2D eigenvalue weighted by Gasteiger charge is 2.01. The van der Waals surface area contributed by atoms with Crippen LogP contribution in [0.3, 0.4) is 0 Å². The van der Waals surface area contributed by atoms with E-state index in [-0.39, 0.29) is 5.91 Å². The fraction of sp³-hybridized carbons (Fsp3) is 0.417. The summed E-state index contributed by atoms with van der Waals surface area (Å²) in [5.41, 5.74) is 6.97. The van der Waals surface area contributed by atoms with E-state index < -0.39 is 0 Å². The standard InChI is InChI=1S/C12H18N2O/c1-9(14-2)3-4-10-5-7-11(8-6-10)12(13)15/h5-9,14H,3-4H2,1-2H3,(H2,13,15). The second kappa shape index (κ2) is 5.51. The minimum atomic E-state index is -0.370. The Balaban J connectivity index is 2.53. The maximum absolute atomic E-state index is 10.8. The smallest absolute Gasteiger partial charge is 0.248 e. The molecule has 0 spiro atoms. The maximum Gasteiger partial charge on any atom is 0.248 e. The van der Waals surface area contributed by atoms with Gasteiger partial charge in [0.1, 0.15) is 0 Å². The molecule has 0 saturated heterocycles. The van der Waals surface area contributed by atoms with E-state index in [0.29, 0.717) is 11.6 Å². The highest BCUT2D eigenvalue weighted by Crippen LogP contribution is 2.07.